The largest absolute Gasteiger partial charge is 0.409 e. The number of ketones is 1. The summed E-state index contributed by atoms with van der Waals surface area (Å²) in [5.74, 6) is 0.345. The summed E-state index contributed by atoms with van der Waals surface area (Å²) in [5, 5.41) is 4.39. The van der Waals surface area contributed by atoms with Gasteiger partial charge >= 0.3 is 0 Å². The number of nitrogens with zero attached hydrogens (tertiary/aromatic N) is 2. The molecule has 0 unspecified atom stereocenters. The molecule has 1 aromatic heterocycles. The zero-order valence-corrected chi connectivity index (χ0v) is 15.6. The minimum absolute atomic E-state index is 0.0673. The first-order valence-corrected chi connectivity index (χ1v) is 8.62. The highest BCUT2D eigenvalue weighted by molar-refractivity contribution is 9.10. The number of aromatic nitrogens is 2. The molecule has 0 amide bonds. The maximum atomic E-state index is 12.6. The topological polar surface area (TPSA) is 48.0 Å². The van der Waals surface area contributed by atoms with Crippen LogP contribution in [0.4, 0.5) is 0 Å². The van der Waals surface area contributed by atoms with Crippen LogP contribution in [-0.2, 0) is 0 Å². The molecular formula is C18H15BrN2O2S. The Morgan fingerprint density at radius 1 is 1.17 bits per heavy atom. The standard InChI is InChI=1S/C18H15BrN2O2S/c1-11-3-5-14(6-4-11)17-20-21(18(24)23-17)12(2)16(22)13-7-9-15(19)10-8-13/h3-10,12H,1-2H3/t12-/m1/s1. The Hall–Kier alpha value is -2.05. The van der Waals surface area contributed by atoms with Gasteiger partial charge in [-0.15, -0.1) is 5.10 Å². The first kappa shape index (κ1) is 16.8. The molecule has 0 bridgehead atoms. The third-order valence-electron chi connectivity index (χ3n) is 3.74. The van der Waals surface area contributed by atoms with Crippen LogP contribution in [0, 0.1) is 11.8 Å². The van der Waals surface area contributed by atoms with Crippen LogP contribution in [-0.4, -0.2) is 15.6 Å². The maximum absolute atomic E-state index is 12.6. The normalized spacial score (nSPS) is 12.1. The van der Waals surface area contributed by atoms with Crippen molar-refractivity contribution in [2.24, 2.45) is 0 Å². The van der Waals surface area contributed by atoms with Gasteiger partial charge in [-0.25, -0.2) is 4.68 Å². The number of hydrogen-bond acceptors (Lipinski definition) is 4. The molecule has 1 atom stereocenters. The summed E-state index contributed by atoms with van der Waals surface area (Å²) in [6, 6.07) is 14.5. The van der Waals surface area contributed by atoms with Crippen molar-refractivity contribution in [2.45, 2.75) is 19.9 Å². The summed E-state index contributed by atoms with van der Waals surface area (Å²) >= 11 is 8.60. The van der Waals surface area contributed by atoms with Crippen LogP contribution in [0.1, 0.15) is 28.9 Å². The third kappa shape index (κ3) is 3.39. The molecule has 0 N–H and O–H groups in total. The van der Waals surface area contributed by atoms with Crippen molar-refractivity contribution in [1.82, 2.24) is 9.78 Å². The lowest BCUT2D eigenvalue weighted by Crippen LogP contribution is -2.18. The highest BCUT2D eigenvalue weighted by Gasteiger charge is 2.21. The number of aryl methyl sites for hydroxylation is 1. The number of benzene rings is 2. The van der Waals surface area contributed by atoms with Crippen molar-refractivity contribution in [3.63, 3.8) is 0 Å². The second-order valence-corrected chi connectivity index (χ2v) is 6.80. The monoisotopic (exact) mass is 402 g/mol. The van der Waals surface area contributed by atoms with E-state index in [1.807, 2.05) is 43.3 Å². The first-order chi connectivity index (χ1) is 11.5. The Morgan fingerprint density at radius 2 is 1.79 bits per heavy atom. The van der Waals surface area contributed by atoms with Crippen LogP contribution in [0.25, 0.3) is 11.5 Å². The third-order valence-corrected chi connectivity index (χ3v) is 4.54. The summed E-state index contributed by atoms with van der Waals surface area (Å²) in [7, 11) is 0. The maximum Gasteiger partial charge on any atom is 0.287 e. The Kier molecular flexibility index (Phi) is 4.78. The van der Waals surface area contributed by atoms with Gasteiger partial charge in [-0.2, -0.15) is 0 Å². The molecule has 0 aliphatic carbocycles. The summed E-state index contributed by atoms with van der Waals surface area (Å²) in [6.07, 6.45) is 0. The number of rotatable bonds is 4. The lowest BCUT2D eigenvalue weighted by molar-refractivity contribution is 0.0925. The van der Waals surface area contributed by atoms with E-state index in [9.17, 15) is 4.79 Å². The van der Waals surface area contributed by atoms with Crippen molar-refractivity contribution in [3.05, 3.63) is 69.0 Å². The van der Waals surface area contributed by atoms with Crippen LogP contribution in [0.3, 0.4) is 0 Å². The minimum atomic E-state index is -0.540. The van der Waals surface area contributed by atoms with Gasteiger partial charge in [0.25, 0.3) is 4.84 Å². The van der Waals surface area contributed by atoms with E-state index in [2.05, 4.69) is 21.0 Å². The van der Waals surface area contributed by atoms with Gasteiger partial charge in [-0.1, -0.05) is 45.8 Å². The van der Waals surface area contributed by atoms with Gasteiger partial charge in [0.05, 0.1) is 0 Å². The molecule has 0 fully saturated rings. The molecule has 3 aromatic rings. The van der Waals surface area contributed by atoms with Gasteiger partial charge in [-0.3, -0.25) is 4.79 Å². The Balaban J connectivity index is 1.91. The van der Waals surface area contributed by atoms with Crippen molar-refractivity contribution >= 4 is 33.9 Å². The van der Waals surface area contributed by atoms with E-state index in [4.69, 9.17) is 16.6 Å². The van der Waals surface area contributed by atoms with Crippen molar-refractivity contribution in [1.29, 1.82) is 0 Å². The van der Waals surface area contributed by atoms with Crippen LogP contribution >= 0.6 is 28.1 Å². The smallest absolute Gasteiger partial charge is 0.287 e. The summed E-state index contributed by atoms with van der Waals surface area (Å²) in [6.45, 7) is 3.78. The average Bonchev–Trinajstić information content (AvgIpc) is 2.96. The summed E-state index contributed by atoms with van der Waals surface area (Å²) < 4.78 is 7.95. The van der Waals surface area contributed by atoms with Crippen molar-refractivity contribution < 1.29 is 9.21 Å². The second-order valence-electron chi connectivity index (χ2n) is 5.53. The SMILES string of the molecule is Cc1ccc(-c2nn([C@H](C)C(=O)c3ccc(Br)cc3)c(=S)o2)cc1. The molecule has 1 heterocycles. The first-order valence-electron chi connectivity index (χ1n) is 7.42. The molecule has 3 rings (SSSR count). The molecule has 0 spiro atoms. The molecule has 0 radical (unpaired) electrons. The van der Waals surface area contributed by atoms with Gasteiger partial charge in [0.15, 0.2) is 5.78 Å². The predicted octanol–water partition coefficient (Wildman–Crippen LogP) is 5.39. The van der Waals surface area contributed by atoms with Gasteiger partial charge in [0, 0.05) is 15.6 Å². The van der Waals surface area contributed by atoms with Crippen LogP contribution in [0.5, 0.6) is 0 Å². The molecule has 24 heavy (non-hydrogen) atoms. The Morgan fingerprint density at radius 3 is 2.42 bits per heavy atom. The van der Waals surface area contributed by atoms with Gasteiger partial charge < -0.3 is 4.42 Å². The summed E-state index contributed by atoms with van der Waals surface area (Å²) in [5.41, 5.74) is 2.58. The van der Waals surface area contributed by atoms with Crippen LogP contribution < -0.4 is 0 Å². The predicted molar refractivity (Wildman–Crippen MR) is 98.7 cm³/mol. The molecule has 0 aliphatic heterocycles. The van der Waals surface area contributed by atoms with Gasteiger partial charge in [0.2, 0.25) is 5.89 Å². The lowest BCUT2D eigenvalue weighted by atomic mass is 10.1. The van der Waals surface area contributed by atoms with Crippen molar-refractivity contribution in [3.8, 4) is 11.5 Å². The zero-order valence-electron chi connectivity index (χ0n) is 13.2. The van der Waals surface area contributed by atoms with E-state index in [0.717, 1.165) is 15.6 Å². The summed E-state index contributed by atoms with van der Waals surface area (Å²) in [4.78, 5) is 12.8. The number of carbonyl (C=O) groups excluding carboxylic acids is 1. The lowest BCUT2D eigenvalue weighted by Gasteiger charge is -2.09. The van der Waals surface area contributed by atoms with E-state index >= 15 is 0 Å². The number of carbonyl (C=O) groups is 1. The fourth-order valence-corrected chi connectivity index (χ4v) is 2.85. The number of hydrogen-bond donors (Lipinski definition) is 0. The van der Waals surface area contributed by atoms with E-state index in [1.165, 1.54) is 4.68 Å². The number of halogens is 1. The molecular weight excluding hydrogens is 388 g/mol. The van der Waals surface area contributed by atoms with Gasteiger partial charge in [-0.05, 0) is 50.3 Å². The number of Topliss-reactive ketones (excluding diaryl/α,β-unsaturated/α-hetero) is 1. The van der Waals surface area contributed by atoms with Crippen LogP contribution in [0.2, 0.25) is 0 Å². The highest BCUT2D eigenvalue weighted by atomic mass is 79.9. The van der Waals surface area contributed by atoms with Crippen LogP contribution in [0.15, 0.2) is 57.4 Å². The Labute approximate surface area is 153 Å². The fraction of sp³-hybridized carbons (Fsp3) is 0.167. The second kappa shape index (κ2) is 6.83. The van der Waals surface area contributed by atoms with Gasteiger partial charge in [0.1, 0.15) is 6.04 Å². The van der Waals surface area contributed by atoms with E-state index < -0.39 is 6.04 Å². The molecule has 0 saturated heterocycles. The molecule has 6 heteroatoms. The van der Waals surface area contributed by atoms with Crippen molar-refractivity contribution in [2.75, 3.05) is 0 Å². The molecule has 0 aliphatic rings. The average molecular weight is 403 g/mol. The molecule has 4 nitrogen and oxygen atoms in total. The van der Waals surface area contributed by atoms with E-state index in [0.29, 0.717) is 11.5 Å². The molecule has 122 valence electrons. The molecule has 0 saturated carbocycles. The van der Waals surface area contributed by atoms with E-state index in [1.54, 1.807) is 19.1 Å². The fourth-order valence-electron chi connectivity index (χ4n) is 2.31. The Bertz CT molecular complexity index is 927. The quantitative estimate of drug-likeness (QED) is 0.433. The zero-order chi connectivity index (χ0) is 17.3. The highest BCUT2D eigenvalue weighted by Crippen LogP contribution is 2.22. The molecule has 2 aromatic carbocycles. The van der Waals surface area contributed by atoms with E-state index in [-0.39, 0.29) is 10.6 Å². The minimum Gasteiger partial charge on any atom is -0.409 e.